The number of carbonyl (C=O) groups is 2. The predicted octanol–water partition coefficient (Wildman–Crippen LogP) is 2.29. The fraction of sp³-hybridized carbons (Fsp3) is 0.158. The lowest BCUT2D eigenvalue weighted by Crippen LogP contribution is -2.10. The Morgan fingerprint density at radius 1 is 1.18 bits per heavy atom. The van der Waals surface area contributed by atoms with Crippen molar-refractivity contribution in [1.29, 1.82) is 0 Å². The number of carboxylic acids is 1. The minimum atomic E-state index is -1.25. The van der Waals surface area contributed by atoms with Gasteiger partial charge in [-0.15, -0.1) is 0 Å². The quantitative estimate of drug-likeness (QED) is 0.274. The van der Waals surface area contributed by atoms with Gasteiger partial charge >= 0.3 is 11.7 Å². The van der Waals surface area contributed by atoms with Crippen molar-refractivity contribution in [3.63, 3.8) is 0 Å². The number of nitro groups is 1. The van der Waals surface area contributed by atoms with Crippen LogP contribution in [0.25, 0.3) is 6.08 Å². The maximum Gasteiger partial charge on any atom is 0.341 e. The Bertz CT molecular complexity index is 909. The molecule has 9 heteroatoms. The Morgan fingerprint density at radius 3 is 2.64 bits per heavy atom. The van der Waals surface area contributed by atoms with Crippen LogP contribution in [0.3, 0.4) is 0 Å². The highest BCUT2D eigenvalue weighted by Crippen LogP contribution is 2.28. The van der Waals surface area contributed by atoms with Crippen LogP contribution in [0.1, 0.15) is 15.9 Å². The van der Waals surface area contributed by atoms with Gasteiger partial charge in [-0.2, -0.15) is 0 Å². The Labute approximate surface area is 160 Å². The van der Waals surface area contributed by atoms with E-state index in [0.29, 0.717) is 30.0 Å². The normalized spacial score (nSPS) is 10.6. The maximum atomic E-state index is 12.3. The van der Waals surface area contributed by atoms with Crippen molar-refractivity contribution in [2.45, 2.75) is 0 Å². The molecule has 2 aromatic carbocycles. The molecule has 0 atom stereocenters. The van der Waals surface area contributed by atoms with Gasteiger partial charge in [-0.25, -0.2) is 4.79 Å². The molecule has 0 saturated heterocycles. The molecule has 0 aliphatic heterocycles. The molecule has 2 aromatic rings. The second-order valence-corrected chi connectivity index (χ2v) is 5.53. The number of aliphatic carboxylic acids is 1. The highest BCUT2D eigenvalue weighted by atomic mass is 16.6. The van der Waals surface area contributed by atoms with Crippen molar-refractivity contribution < 1.29 is 29.1 Å². The van der Waals surface area contributed by atoms with E-state index < -0.39 is 23.2 Å². The Kier molecular flexibility index (Phi) is 7.23. The maximum absolute atomic E-state index is 12.3. The predicted molar refractivity (Wildman–Crippen MR) is 101 cm³/mol. The third kappa shape index (κ3) is 5.92. The first kappa shape index (κ1) is 20.6. The molecule has 0 fully saturated rings. The lowest BCUT2D eigenvalue weighted by Gasteiger charge is -2.05. The van der Waals surface area contributed by atoms with Crippen LogP contribution in [0.4, 0.5) is 5.69 Å². The molecule has 146 valence electrons. The van der Waals surface area contributed by atoms with Crippen LogP contribution >= 0.6 is 0 Å². The van der Waals surface area contributed by atoms with Gasteiger partial charge in [0, 0.05) is 18.2 Å². The van der Waals surface area contributed by atoms with E-state index in [1.54, 1.807) is 24.3 Å². The number of rotatable bonds is 10. The van der Waals surface area contributed by atoms with Gasteiger partial charge in [-0.05, 0) is 29.8 Å². The smallest absolute Gasteiger partial charge is 0.341 e. The molecule has 0 spiro atoms. The van der Waals surface area contributed by atoms with E-state index in [1.165, 1.54) is 30.4 Å². The molecule has 0 bridgehead atoms. The van der Waals surface area contributed by atoms with Gasteiger partial charge < -0.3 is 20.3 Å². The monoisotopic (exact) mass is 386 g/mol. The highest BCUT2D eigenvalue weighted by Gasteiger charge is 2.16. The van der Waals surface area contributed by atoms with Crippen LogP contribution in [0, 0.1) is 10.1 Å². The van der Waals surface area contributed by atoms with Gasteiger partial charge in [-0.1, -0.05) is 24.3 Å². The molecular weight excluding hydrogens is 368 g/mol. The first-order chi connectivity index (χ1) is 13.4. The number of ether oxygens (including phenoxy) is 2. The number of hydrogen-bond acceptors (Lipinski definition) is 7. The molecule has 9 nitrogen and oxygen atoms in total. The summed E-state index contributed by atoms with van der Waals surface area (Å²) in [5, 5.41) is 19.8. The zero-order valence-corrected chi connectivity index (χ0v) is 14.7. The number of benzene rings is 2. The average molecular weight is 386 g/mol. The number of nitro benzene ring substituents is 1. The standard InChI is InChI=1S/C19H18N2O7/c20-8-9-27-15-3-1-2-14(11-15)17(22)6-4-13-5-7-18(28-12-19(23)24)16(10-13)21(25)26/h1-7,10-11H,8-9,12,20H2,(H,23,24)/b6-4+. The molecule has 0 radical (unpaired) electrons. The van der Waals surface area contributed by atoms with E-state index in [9.17, 15) is 19.7 Å². The minimum Gasteiger partial charge on any atom is -0.492 e. The SMILES string of the molecule is NCCOc1cccc(C(=O)/C=C/c2ccc(OCC(=O)O)c([N+](=O)[O-])c2)c1. The van der Waals surface area contributed by atoms with Gasteiger partial charge in [0.1, 0.15) is 12.4 Å². The van der Waals surface area contributed by atoms with E-state index in [1.807, 2.05) is 0 Å². The highest BCUT2D eigenvalue weighted by molar-refractivity contribution is 6.07. The molecule has 28 heavy (non-hydrogen) atoms. The van der Waals surface area contributed by atoms with E-state index >= 15 is 0 Å². The van der Waals surface area contributed by atoms with Gasteiger partial charge in [0.2, 0.25) is 0 Å². The summed E-state index contributed by atoms with van der Waals surface area (Å²) in [5.41, 5.74) is 5.76. The first-order valence-corrected chi connectivity index (χ1v) is 8.19. The van der Waals surface area contributed by atoms with E-state index in [-0.39, 0.29) is 11.5 Å². The summed E-state index contributed by atoms with van der Waals surface area (Å²) in [6.45, 7) is -0.0203. The van der Waals surface area contributed by atoms with Crippen LogP contribution in [0.15, 0.2) is 48.5 Å². The number of nitrogens with zero attached hydrogens (tertiary/aromatic N) is 1. The molecule has 3 N–H and O–H groups in total. The minimum absolute atomic E-state index is 0.166. The summed E-state index contributed by atoms with van der Waals surface area (Å²) in [7, 11) is 0. The van der Waals surface area contributed by atoms with E-state index in [0.717, 1.165) is 0 Å². The summed E-state index contributed by atoms with van der Waals surface area (Å²) in [6, 6.07) is 10.5. The Hall–Kier alpha value is -3.72. The average Bonchev–Trinajstić information content (AvgIpc) is 2.69. The number of ketones is 1. The zero-order chi connectivity index (χ0) is 20.5. The first-order valence-electron chi connectivity index (χ1n) is 8.19. The number of carbonyl (C=O) groups excluding carboxylic acids is 1. The van der Waals surface area contributed by atoms with Crippen molar-refractivity contribution >= 4 is 23.5 Å². The van der Waals surface area contributed by atoms with Crippen LogP contribution in [0.5, 0.6) is 11.5 Å². The van der Waals surface area contributed by atoms with Gasteiger partial charge in [-0.3, -0.25) is 14.9 Å². The topological polar surface area (TPSA) is 142 Å². The molecule has 0 heterocycles. The van der Waals surface area contributed by atoms with Crippen LogP contribution in [0.2, 0.25) is 0 Å². The summed E-state index contributed by atoms with van der Waals surface area (Å²) < 4.78 is 10.3. The molecule has 2 rings (SSSR count). The summed E-state index contributed by atoms with van der Waals surface area (Å²) in [6.07, 6.45) is 2.70. The number of hydrogen-bond donors (Lipinski definition) is 2. The second-order valence-electron chi connectivity index (χ2n) is 5.53. The molecule has 0 saturated carbocycles. The lowest BCUT2D eigenvalue weighted by atomic mass is 10.1. The van der Waals surface area contributed by atoms with Crippen molar-refractivity contribution in [2.24, 2.45) is 5.73 Å². The van der Waals surface area contributed by atoms with Gasteiger partial charge in [0.05, 0.1) is 4.92 Å². The number of carboxylic acid groups (broad SMARTS) is 1. The van der Waals surface area contributed by atoms with Crippen molar-refractivity contribution in [1.82, 2.24) is 0 Å². The third-order valence-electron chi connectivity index (χ3n) is 3.46. The number of allylic oxidation sites excluding steroid dienone is 1. The van der Waals surface area contributed by atoms with Crippen LogP contribution in [-0.4, -0.2) is 41.5 Å². The molecule has 0 aromatic heterocycles. The molecule has 0 amide bonds. The zero-order valence-electron chi connectivity index (χ0n) is 14.7. The molecule has 0 aliphatic rings. The fourth-order valence-corrected chi connectivity index (χ4v) is 2.23. The molecular formula is C19H18N2O7. The summed E-state index contributed by atoms with van der Waals surface area (Å²) in [4.78, 5) is 33.4. The van der Waals surface area contributed by atoms with Crippen molar-refractivity contribution in [2.75, 3.05) is 19.8 Å². The van der Waals surface area contributed by atoms with Gasteiger partial charge in [0.25, 0.3) is 0 Å². The molecule has 0 aliphatic carbocycles. The van der Waals surface area contributed by atoms with Gasteiger partial charge in [0.15, 0.2) is 18.1 Å². The fourth-order valence-electron chi connectivity index (χ4n) is 2.23. The number of nitrogens with two attached hydrogens (primary N) is 1. The van der Waals surface area contributed by atoms with Crippen LogP contribution < -0.4 is 15.2 Å². The second kappa shape index (κ2) is 9.83. The van der Waals surface area contributed by atoms with E-state index in [2.05, 4.69) is 0 Å². The Balaban J connectivity index is 2.16. The van der Waals surface area contributed by atoms with Crippen molar-refractivity contribution in [3.05, 3.63) is 69.8 Å². The van der Waals surface area contributed by atoms with E-state index in [4.69, 9.17) is 20.3 Å². The third-order valence-corrected chi connectivity index (χ3v) is 3.46. The Morgan fingerprint density at radius 2 is 1.96 bits per heavy atom. The molecule has 0 unspecified atom stereocenters. The van der Waals surface area contributed by atoms with Crippen LogP contribution in [-0.2, 0) is 4.79 Å². The largest absolute Gasteiger partial charge is 0.492 e. The van der Waals surface area contributed by atoms with Crippen molar-refractivity contribution in [3.8, 4) is 11.5 Å². The summed E-state index contributed by atoms with van der Waals surface area (Å²) in [5.74, 6) is -1.21. The lowest BCUT2D eigenvalue weighted by molar-refractivity contribution is -0.385. The summed E-state index contributed by atoms with van der Waals surface area (Å²) >= 11 is 0.